The first-order valence-electron chi connectivity index (χ1n) is 4.71. The Bertz CT molecular complexity index is 455. The molecule has 0 aliphatic heterocycles. The van der Waals surface area contributed by atoms with E-state index in [4.69, 9.17) is 10.00 Å². The summed E-state index contributed by atoms with van der Waals surface area (Å²) in [5.41, 5.74) is 1.70. The third kappa shape index (κ3) is 2.25. The molecule has 15 heavy (non-hydrogen) atoms. The van der Waals surface area contributed by atoms with Crippen LogP contribution in [0.15, 0.2) is 11.0 Å². The minimum Gasteiger partial charge on any atom is -0.383 e. The molecule has 4 nitrogen and oxygen atoms in total. The maximum absolute atomic E-state index is 11.8. The number of hydrogen-bond donors (Lipinski definition) is 0. The van der Waals surface area contributed by atoms with Gasteiger partial charge in [0.05, 0.1) is 6.61 Å². The number of nitrogens with zero attached hydrogens (tertiary/aromatic N) is 2. The van der Waals surface area contributed by atoms with Crippen LogP contribution in [0.25, 0.3) is 0 Å². The predicted molar refractivity (Wildman–Crippen MR) is 56.8 cm³/mol. The standard InChI is InChI=1S/C11H14N2O2/c1-8-7-13(4-5-15-3)11(14)10(6-12)9(8)2/h7H,4-5H2,1-3H3. The summed E-state index contributed by atoms with van der Waals surface area (Å²) in [7, 11) is 1.58. The van der Waals surface area contributed by atoms with Gasteiger partial charge in [-0.15, -0.1) is 0 Å². The summed E-state index contributed by atoms with van der Waals surface area (Å²) in [6.07, 6.45) is 1.76. The summed E-state index contributed by atoms with van der Waals surface area (Å²) in [4.78, 5) is 11.8. The van der Waals surface area contributed by atoms with Gasteiger partial charge >= 0.3 is 0 Å². The molecule has 0 saturated carbocycles. The molecule has 0 aromatic carbocycles. The number of hydrogen-bond acceptors (Lipinski definition) is 3. The summed E-state index contributed by atoms with van der Waals surface area (Å²) in [6, 6.07) is 1.95. The summed E-state index contributed by atoms with van der Waals surface area (Å²) < 4.78 is 6.42. The first-order valence-corrected chi connectivity index (χ1v) is 4.71. The molecule has 0 aliphatic carbocycles. The van der Waals surface area contributed by atoms with Crippen LogP contribution in [0.1, 0.15) is 16.7 Å². The van der Waals surface area contributed by atoms with E-state index in [1.54, 1.807) is 20.2 Å². The third-order valence-corrected chi connectivity index (χ3v) is 2.44. The zero-order valence-electron chi connectivity index (χ0n) is 9.20. The predicted octanol–water partition coefficient (Wildman–Crippen LogP) is 0.983. The average Bonchev–Trinajstić information content (AvgIpc) is 2.22. The highest BCUT2D eigenvalue weighted by atomic mass is 16.5. The van der Waals surface area contributed by atoms with Crippen molar-refractivity contribution in [3.05, 3.63) is 33.2 Å². The lowest BCUT2D eigenvalue weighted by molar-refractivity contribution is 0.186. The van der Waals surface area contributed by atoms with Gasteiger partial charge in [-0.25, -0.2) is 0 Å². The molecule has 0 amide bonds. The van der Waals surface area contributed by atoms with E-state index in [0.29, 0.717) is 13.2 Å². The smallest absolute Gasteiger partial charge is 0.268 e. The molecule has 0 fully saturated rings. The molecule has 0 N–H and O–H groups in total. The quantitative estimate of drug-likeness (QED) is 0.740. The normalized spacial score (nSPS) is 10.0. The van der Waals surface area contributed by atoms with Gasteiger partial charge < -0.3 is 9.30 Å². The van der Waals surface area contributed by atoms with E-state index in [-0.39, 0.29) is 11.1 Å². The molecule has 0 aliphatic rings. The van der Waals surface area contributed by atoms with Gasteiger partial charge in [-0.3, -0.25) is 4.79 Å². The van der Waals surface area contributed by atoms with Gasteiger partial charge in [0.1, 0.15) is 11.6 Å². The maximum Gasteiger partial charge on any atom is 0.268 e. The Morgan fingerprint density at radius 1 is 1.53 bits per heavy atom. The van der Waals surface area contributed by atoms with Gasteiger partial charge in [-0.1, -0.05) is 0 Å². The zero-order chi connectivity index (χ0) is 11.4. The van der Waals surface area contributed by atoms with Crippen LogP contribution in [-0.4, -0.2) is 18.3 Å². The third-order valence-electron chi connectivity index (χ3n) is 2.44. The number of nitriles is 1. The molecule has 0 saturated heterocycles. The monoisotopic (exact) mass is 206 g/mol. The number of methoxy groups -OCH3 is 1. The molecule has 4 heteroatoms. The van der Waals surface area contributed by atoms with E-state index in [1.165, 1.54) is 4.57 Å². The number of rotatable bonds is 3. The van der Waals surface area contributed by atoms with Gasteiger partial charge in [0.25, 0.3) is 5.56 Å². The summed E-state index contributed by atoms with van der Waals surface area (Å²) in [6.45, 7) is 4.62. The van der Waals surface area contributed by atoms with Gasteiger partial charge in [0.2, 0.25) is 0 Å². The number of pyridine rings is 1. The Kier molecular flexibility index (Phi) is 3.64. The first-order chi connectivity index (χ1) is 7.11. The van der Waals surface area contributed by atoms with Gasteiger partial charge in [0, 0.05) is 19.9 Å². The van der Waals surface area contributed by atoms with Crippen LogP contribution >= 0.6 is 0 Å². The summed E-state index contributed by atoms with van der Waals surface area (Å²) >= 11 is 0. The van der Waals surface area contributed by atoms with E-state index >= 15 is 0 Å². The second-order valence-electron chi connectivity index (χ2n) is 3.42. The first kappa shape index (κ1) is 11.5. The largest absolute Gasteiger partial charge is 0.383 e. The van der Waals surface area contributed by atoms with Crippen LogP contribution in [0.3, 0.4) is 0 Å². The van der Waals surface area contributed by atoms with E-state index in [1.807, 2.05) is 13.0 Å². The van der Waals surface area contributed by atoms with Crippen molar-refractivity contribution in [2.75, 3.05) is 13.7 Å². The Balaban J connectivity index is 3.26. The summed E-state index contributed by atoms with van der Waals surface area (Å²) in [5, 5.41) is 8.88. The molecule has 0 bridgehead atoms. The van der Waals surface area contributed by atoms with Gasteiger partial charge in [-0.05, 0) is 25.0 Å². The van der Waals surface area contributed by atoms with Crippen LogP contribution in [0.5, 0.6) is 0 Å². The van der Waals surface area contributed by atoms with Crippen molar-refractivity contribution in [2.45, 2.75) is 20.4 Å². The highest BCUT2D eigenvalue weighted by molar-refractivity contribution is 5.38. The van der Waals surface area contributed by atoms with Crippen molar-refractivity contribution in [1.82, 2.24) is 4.57 Å². The van der Waals surface area contributed by atoms with E-state index in [2.05, 4.69) is 0 Å². The molecule has 1 heterocycles. The molecule has 0 radical (unpaired) electrons. The van der Waals surface area contributed by atoms with Gasteiger partial charge in [-0.2, -0.15) is 5.26 Å². The fourth-order valence-electron chi connectivity index (χ4n) is 1.38. The van der Waals surface area contributed by atoms with Crippen molar-refractivity contribution < 1.29 is 4.74 Å². The SMILES string of the molecule is COCCn1cc(C)c(C)c(C#N)c1=O. The summed E-state index contributed by atoms with van der Waals surface area (Å²) in [5.74, 6) is 0. The molecule has 1 rings (SSSR count). The maximum atomic E-state index is 11.8. The van der Waals surface area contributed by atoms with E-state index in [9.17, 15) is 4.79 Å². The Labute approximate surface area is 88.7 Å². The van der Waals surface area contributed by atoms with Crippen LogP contribution in [-0.2, 0) is 11.3 Å². The second-order valence-corrected chi connectivity index (χ2v) is 3.42. The lowest BCUT2D eigenvalue weighted by Crippen LogP contribution is -2.25. The molecule has 1 aromatic rings. The van der Waals surface area contributed by atoms with Crippen molar-refractivity contribution >= 4 is 0 Å². The van der Waals surface area contributed by atoms with Crippen molar-refractivity contribution in [1.29, 1.82) is 5.26 Å². The molecular formula is C11H14N2O2. The van der Waals surface area contributed by atoms with Crippen LogP contribution in [0.2, 0.25) is 0 Å². The minimum atomic E-state index is -0.238. The fraction of sp³-hybridized carbons (Fsp3) is 0.455. The Morgan fingerprint density at radius 2 is 2.20 bits per heavy atom. The van der Waals surface area contributed by atoms with Gasteiger partial charge in [0.15, 0.2) is 0 Å². The van der Waals surface area contributed by atoms with Crippen LogP contribution < -0.4 is 5.56 Å². The highest BCUT2D eigenvalue weighted by Crippen LogP contribution is 2.07. The fourth-order valence-corrected chi connectivity index (χ4v) is 1.38. The molecule has 1 aromatic heterocycles. The number of ether oxygens (including phenoxy) is 1. The van der Waals surface area contributed by atoms with Crippen LogP contribution in [0.4, 0.5) is 0 Å². The molecule has 0 spiro atoms. The van der Waals surface area contributed by atoms with E-state index in [0.717, 1.165) is 11.1 Å². The topological polar surface area (TPSA) is 55.0 Å². The molecule has 80 valence electrons. The van der Waals surface area contributed by atoms with Crippen LogP contribution in [0, 0.1) is 25.2 Å². The highest BCUT2D eigenvalue weighted by Gasteiger charge is 2.09. The average molecular weight is 206 g/mol. The molecular weight excluding hydrogens is 192 g/mol. The Hall–Kier alpha value is -1.60. The van der Waals surface area contributed by atoms with Crippen molar-refractivity contribution in [3.8, 4) is 6.07 Å². The molecule has 0 unspecified atom stereocenters. The Morgan fingerprint density at radius 3 is 2.73 bits per heavy atom. The number of aromatic nitrogens is 1. The zero-order valence-corrected chi connectivity index (χ0v) is 9.20. The van der Waals surface area contributed by atoms with Crippen molar-refractivity contribution in [2.24, 2.45) is 0 Å². The van der Waals surface area contributed by atoms with E-state index < -0.39 is 0 Å². The minimum absolute atomic E-state index is 0.228. The lowest BCUT2D eigenvalue weighted by Gasteiger charge is -2.09. The lowest BCUT2D eigenvalue weighted by atomic mass is 10.1. The second kappa shape index (κ2) is 4.76. The number of aryl methyl sites for hydroxylation is 1. The van der Waals surface area contributed by atoms with Crippen molar-refractivity contribution in [3.63, 3.8) is 0 Å². The molecule has 0 atom stereocenters.